The summed E-state index contributed by atoms with van der Waals surface area (Å²) in [4.78, 5) is 2.14. The van der Waals surface area contributed by atoms with E-state index < -0.39 is 0 Å². The van der Waals surface area contributed by atoms with Crippen molar-refractivity contribution < 1.29 is 9.47 Å². The van der Waals surface area contributed by atoms with Gasteiger partial charge in [0.15, 0.2) is 0 Å². The van der Waals surface area contributed by atoms with Crippen LogP contribution in [-0.2, 0) is 11.3 Å². The van der Waals surface area contributed by atoms with Crippen molar-refractivity contribution in [3.8, 4) is 5.75 Å². The molecule has 0 aliphatic carbocycles. The van der Waals surface area contributed by atoms with Crippen LogP contribution in [0.4, 0.5) is 5.69 Å². The van der Waals surface area contributed by atoms with Gasteiger partial charge in [-0.15, -0.1) is 0 Å². The minimum Gasteiger partial charge on any atom is -0.487 e. The molecule has 0 fully saturated rings. The monoisotopic (exact) mass is 271 g/mol. The van der Waals surface area contributed by atoms with Crippen LogP contribution < -0.4 is 9.64 Å². The maximum absolute atomic E-state index is 5.96. The summed E-state index contributed by atoms with van der Waals surface area (Å²) >= 11 is 0. The van der Waals surface area contributed by atoms with Crippen LogP contribution in [0, 0.1) is 0 Å². The molecule has 0 saturated carbocycles. The van der Waals surface area contributed by atoms with Gasteiger partial charge in [-0.25, -0.2) is 0 Å². The van der Waals surface area contributed by atoms with Crippen LogP contribution in [-0.4, -0.2) is 20.4 Å². The molecular formula is C17H21NO2. The summed E-state index contributed by atoms with van der Waals surface area (Å²) < 4.78 is 11.2. The van der Waals surface area contributed by atoms with Gasteiger partial charge in [-0.2, -0.15) is 0 Å². The van der Waals surface area contributed by atoms with Crippen LogP contribution in [0.5, 0.6) is 5.75 Å². The number of methoxy groups -OCH3 is 1. The van der Waals surface area contributed by atoms with E-state index in [0.717, 1.165) is 23.5 Å². The Morgan fingerprint density at radius 1 is 0.950 bits per heavy atom. The first-order chi connectivity index (χ1) is 9.85. The molecule has 2 rings (SSSR count). The third-order valence-electron chi connectivity index (χ3n) is 3.11. The molecule has 0 unspecified atom stereocenters. The Bertz CT molecular complexity index is 513. The molecule has 3 nitrogen and oxygen atoms in total. The van der Waals surface area contributed by atoms with E-state index in [2.05, 4.69) is 30.0 Å². The number of anilines is 1. The van der Waals surface area contributed by atoms with Gasteiger partial charge in [-0.05, 0) is 24.6 Å². The first-order valence-electron chi connectivity index (χ1n) is 6.84. The molecule has 2 aromatic carbocycles. The van der Waals surface area contributed by atoms with Gasteiger partial charge in [0.2, 0.25) is 0 Å². The van der Waals surface area contributed by atoms with Crippen molar-refractivity contribution in [2.75, 3.05) is 25.3 Å². The Morgan fingerprint density at radius 3 is 2.35 bits per heavy atom. The van der Waals surface area contributed by atoms with E-state index in [4.69, 9.17) is 9.47 Å². The van der Waals surface area contributed by atoms with E-state index >= 15 is 0 Å². The molecule has 0 amide bonds. The van der Waals surface area contributed by atoms with Crippen LogP contribution in [0.15, 0.2) is 54.6 Å². The summed E-state index contributed by atoms with van der Waals surface area (Å²) in [6, 6.07) is 18.2. The third-order valence-corrected chi connectivity index (χ3v) is 3.11. The number of benzene rings is 2. The van der Waals surface area contributed by atoms with Crippen LogP contribution >= 0.6 is 0 Å². The van der Waals surface area contributed by atoms with Crippen molar-refractivity contribution in [2.24, 2.45) is 0 Å². The summed E-state index contributed by atoms with van der Waals surface area (Å²) in [6.07, 6.45) is 0. The van der Waals surface area contributed by atoms with Gasteiger partial charge >= 0.3 is 0 Å². The highest BCUT2D eigenvalue weighted by Gasteiger charge is 2.10. The van der Waals surface area contributed by atoms with Crippen molar-refractivity contribution in [1.82, 2.24) is 0 Å². The predicted molar refractivity (Wildman–Crippen MR) is 82.1 cm³/mol. The summed E-state index contributed by atoms with van der Waals surface area (Å²) in [5.74, 6) is 0.884. The van der Waals surface area contributed by atoms with Crippen molar-refractivity contribution in [3.63, 3.8) is 0 Å². The van der Waals surface area contributed by atoms with Crippen LogP contribution in [0.2, 0.25) is 0 Å². The van der Waals surface area contributed by atoms with E-state index in [9.17, 15) is 0 Å². The number of hydrogen-bond donors (Lipinski definition) is 0. The first-order valence-corrected chi connectivity index (χ1v) is 6.84. The van der Waals surface area contributed by atoms with Gasteiger partial charge in [-0.3, -0.25) is 0 Å². The highest BCUT2D eigenvalue weighted by molar-refractivity contribution is 5.58. The SMILES string of the molecule is CCN(COC)c1ccccc1OCc1ccccc1. The van der Waals surface area contributed by atoms with Gasteiger partial charge in [0, 0.05) is 13.7 Å². The molecule has 0 aromatic heterocycles. The van der Waals surface area contributed by atoms with Crippen molar-refractivity contribution in [3.05, 3.63) is 60.2 Å². The second-order valence-electron chi connectivity index (χ2n) is 4.52. The van der Waals surface area contributed by atoms with Crippen LogP contribution in [0.25, 0.3) is 0 Å². The van der Waals surface area contributed by atoms with Crippen molar-refractivity contribution in [1.29, 1.82) is 0 Å². The maximum Gasteiger partial charge on any atom is 0.143 e. The molecule has 0 saturated heterocycles. The van der Waals surface area contributed by atoms with E-state index in [1.807, 2.05) is 36.4 Å². The summed E-state index contributed by atoms with van der Waals surface area (Å²) in [6.45, 7) is 4.11. The summed E-state index contributed by atoms with van der Waals surface area (Å²) in [5, 5.41) is 0. The lowest BCUT2D eigenvalue weighted by atomic mass is 10.2. The highest BCUT2D eigenvalue weighted by atomic mass is 16.5. The van der Waals surface area contributed by atoms with Gasteiger partial charge in [0.25, 0.3) is 0 Å². The largest absolute Gasteiger partial charge is 0.487 e. The fourth-order valence-electron chi connectivity index (χ4n) is 2.06. The van der Waals surface area contributed by atoms with E-state index in [1.54, 1.807) is 7.11 Å². The average molecular weight is 271 g/mol. The van der Waals surface area contributed by atoms with E-state index in [0.29, 0.717) is 13.3 Å². The van der Waals surface area contributed by atoms with Gasteiger partial charge in [0.05, 0.1) is 5.69 Å². The van der Waals surface area contributed by atoms with Gasteiger partial charge in [0.1, 0.15) is 19.1 Å². The standard InChI is InChI=1S/C17H21NO2/c1-3-18(14-19-2)16-11-7-8-12-17(16)20-13-15-9-5-4-6-10-15/h4-12H,3,13-14H2,1-2H3. The quantitative estimate of drug-likeness (QED) is 0.717. The first kappa shape index (κ1) is 14.4. The molecule has 0 bridgehead atoms. The molecule has 106 valence electrons. The lowest BCUT2D eigenvalue weighted by molar-refractivity contribution is 0.197. The second-order valence-corrected chi connectivity index (χ2v) is 4.52. The normalized spacial score (nSPS) is 10.3. The Balaban J connectivity index is 2.11. The number of nitrogens with zero attached hydrogens (tertiary/aromatic N) is 1. The van der Waals surface area contributed by atoms with E-state index in [-0.39, 0.29) is 0 Å². The zero-order valence-corrected chi connectivity index (χ0v) is 12.1. The Labute approximate surface area is 120 Å². The molecule has 0 heterocycles. The molecule has 0 spiro atoms. The van der Waals surface area contributed by atoms with Gasteiger partial charge in [-0.1, -0.05) is 42.5 Å². The van der Waals surface area contributed by atoms with Crippen LogP contribution in [0.3, 0.4) is 0 Å². The van der Waals surface area contributed by atoms with Crippen LogP contribution in [0.1, 0.15) is 12.5 Å². The second kappa shape index (κ2) is 7.56. The number of hydrogen-bond acceptors (Lipinski definition) is 3. The smallest absolute Gasteiger partial charge is 0.143 e. The maximum atomic E-state index is 5.96. The fourth-order valence-corrected chi connectivity index (χ4v) is 2.06. The average Bonchev–Trinajstić information content (AvgIpc) is 2.52. The Hall–Kier alpha value is -2.00. The number of para-hydroxylation sites is 2. The third kappa shape index (κ3) is 3.75. The Morgan fingerprint density at radius 2 is 1.65 bits per heavy atom. The number of rotatable bonds is 7. The fraction of sp³-hybridized carbons (Fsp3) is 0.294. The molecule has 2 aromatic rings. The number of ether oxygens (including phenoxy) is 2. The molecule has 0 atom stereocenters. The van der Waals surface area contributed by atoms with E-state index in [1.165, 1.54) is 0 Å². The molecule has 0 N–H and O–H groups in total. The summed E-state index contributed by atoms with van der Waals surface area (Å²) in [7, 11) is 1.70. The summed E-state index contributed by atoms with van der Waals surface area (Å²) in [5.41, 5.74) is 2.23. The molecule has 0 radical (unpaired) electrons. The lowest BCUT2D eigenvalue weighted by Gasteiger charge is -2.24. The molecular weight excluding hydrogens is 250 g/mol. The predicted octanol–water partition coefficient (Wildman–Crippen LogP) is 3.70. The molecule has 20 heavy (non-hydrogen) atoms. The van der Waals surface area contributed by atoms with Gasteiger partial charge < -0.3 is 14.4 Å². The minimum absolute atomic E-state index is 0.558. The van der Waals surface area contributed by atoms with Crippen molar-refractivity contribution >= 4 is 5.69 Å². The molecule has 3 heteroatoms. The topological polar surface area (TPSA) is 21.7 Å². The minimum atomic E-state index is 0.558. The molecule has 0 aliphatic rings. The lowest BCUT2D eigenvalue weighted by Crippen LogP contribution is -2.25. The zero-order valence-electron chi connectivity index (χ0n) is 12.1. The molecule has 0 aliphatic heterocycles. The highest BCUT2D eigenvalue weighted by Crippen LogP contribution is 2.28. The van der Waals surface area contributed by atoms with Crippen molar-refractivity contribution in [2.45, 2.75) is 13.5 Å². The zero-order chi connectivity index (χ0) is 14.2. The Kier molecular flexibility index (Phi) is 5.44.